The summed E-state index contributed by atoms with van der Waals surface area (Å²) >= 11 is 0. The highest BCUT2D eigenvalue weighted by Gasteiger charge is 1.98. The highest BCUT2D eigenvalue weighted by atomic mass is 16.4. The molecule has 0 saturated heterocycles. The van der Waals surface area contributed by atoms with Crippen molar-refractivity contribution in [1.82, 2.24) is 0 Å². The molecule has 0 heterocycles. The number of carboxylic acid groups (broad SMARTS) is 1. The Labute approximate surface area is 51.0 Å². The van der Waals surface area contributed by atoms with Crippen molar-refractivity contribution in [2.24, 2.45) is 5.16 Å². The molecule has 0 spiro atoms. The second-order valence-corrected chi connectivity index (χ2v) is 0.991. The van der Waals surface area contributed by atoms with Crippen LogP contribution in [-0.4, -0.2) is 32.9 Å². The Morgan fingerprint density at radius 3 is 1.78 bits per heavy atom. The van der Waals surface area contributed by atoms with Crippen LogP contribution in [0.1, 0.15) is 6.92 Å². The molecule has 56 valence electrons. The third-order valence-electron chi connectivity index (χ3n) is 0.460. The van der Waals surface area contributed by atoms with Crippen molar-refractivity contribution < 1.29 is 26.1 Å². The number of rotatable bonds is 1. The average molecular weight is 139 g/mol. The van der Waals surface area contributed by atoms with Crippen LogP contribution in [-0.2, 0) is 4.79 Å². The number of carbonyl (C=O) groups is 1. The van der Waals surface area contributed by atoms with Gasteiger partial charge in [-0.2, -0.15) is 0 Å². The minimum Gasteiger partial charge on any atom is -0.477 e. The molecular weight excluding hydrogens is 130 g/mol. The molecule has 0 bridgehead atoms. The van der Waals surface area contributed by atoms with Gasteiger partial charge in [0.25, 0.3) is 0 Å². The maximum Gasteiger partial charge on any atom is 0.353 e. The molecule has 6 N–H and O–H groups in total. The van der Waals surface area contributed by atoms with E-state index in [2.05, 4.69) is 5.16 Å². The van der Waals surface area contributed by atoms with Crippen molar-refractivity contribution in [1.29, 1.82) is 0 Å². The quantitative estimate of drug-likeness (QED) is 0.254. The van der Waals surface area contributed by atoms with E-state index in [1.54, 1.807) is 0 Å². The first-order valence-electron chi connectivity index (χ1n) is 1.60. The fraction of sp³-hybridized carbons (Fsp3) is 0.333. The van der Waals surface area contributed by atoms with Gasteiger partial charge in [0, 0.05) is 0 Å². The van der Waals surface area contributed by atoms with Gasteiger partial charge < -0.3 is 21.3 Å². The van der Waals surface area contributed by atoms with E-state index in [9.17, 15) is 4.79 Å². The van der Waals surface area contributed by atoms with Crippen LogP contribution in [0.3, 0.4) is 0 Å². The van der Waals surface area contributed by atoms with E-state index >= 15 is 0 Å². The molecule has 0 aromatic rings. The van der Waals surface area contributed by atoms with E-state index in [1.165, 1.54) is 6.92 Å². The predicted octanol–water partition coefficient (Wildman–Crippen LogP) is -1.73. The molecule has 0 aliphatic heterocycles. The average Bonchev–Trinajstić information content (AvgIpc) is 1.65. The minimum absolute atomic E-state index is 0. The topological polar surface area (TPSA) is 133 Å². The molecule has 9 heavy (non-hydrogen) atoms. The van der Waals surface area contributed by atoms with Crippen molar-refractivity contribution in [3.05, 3.63) is 0 Å². The van der Waals surface area contributed by atoms with Crippen molar-refractivity contribution in [2.75, 3.05) is 0 Å². The van der Waals surface area contributed by atoms with E-state index in [4.69, 9.17) is 10.3 Å². The molecule has 6 heteroatoms. The summed E-state index contributed by atoms with van der Waals surface area (Å²) in [7, 11) is 0. The number of hydrogen-bond acceptors (Lipinski definition) is 3. The van der Waals surface area contributed by atoms with Gasteiger partial charge in [-0.1, -0.05) is 5.16 Å². The molecule has 0 amide bonds. The summed E-state index contributed by atoms with van der Waals surface area (Å²) in [5, 5.41) is 18.0. The monoisotopic (exact) mass is 139 g/mol. The van der Waals surface area contributed by atoms with Crippen LogP contribution in [0.5, 0.6) is 0 Å². The van der Waals surface area contributed by atoms with Gasteiger partial charge in [0.1, 0.15) is 0 Å². The summed E-state index contributed by atoms with van der Waals surface area (Å²) in [5.74, 6) is -1.21. The number of nitrogens with zero attached hydrogens (tertiary/aromatic N) is 1. The molecular formula is C3H9NO5. The first kappa shape index (κ1) is 15.7. The lowest BCUT2D eigenvalue weighted by Crippen LogP contribution is -2.06. The molecule has 0 unspecified atom stereocenters. The zero-order valence-electron chi connectivity index (χ0n) is 4.75. The minimum atomic E-state index is -1.21. The summed E-state index contributed by atoms with van der Waals surface area (Å²) in [6.45, 7) is 1.20. The summed E-state index contributed by atoms with van der Waals surface area (Å²) < 4.78 is 0. The Hall–Kier alpha value is -1.14. The highest BCUT2D eigenvalue weighted by molar-refractivity contribution is 6.34. The molecule has 0 fully saturated rings. The van der Waals surface area contributed by atoms with E-state index in [0.29, 0.717) is 0 Å². The lowest BCUT2D eigenvalue weighted by Gasteiger charge is -1.81. The Balaban J connectivity index is -0.000000180. The second-order valence-electron chi connectivity index (χ2n) is 0.991. The summed E-state index contributed by atoms with van der Waals surface area (Å²) in [6.07, 6.45) is 0. The van der Waals surface area contributed by atoms with Crippen molar-refractivity contribution in [3.8, 4) is 0 Å². The van der Waals surface area contributed by atoms with Crippen LogP contribution in [0, 0.1) is 0 Å². The zero-order valence-corrected chi connectivity index (χ0v) is 4.75. The van der Waals surface area contributed by atoms with E-state index in [-0.39, 0.29) is 16.7 Å². The molecule has 0 aliphatic carbocycles. The molecule has 0 radical (unpaired) electrons. The Morgan fingerprint density at radius 2 is 1.78 bits per heavy atom. The lowest BCUT2D eigenvalue weighted by molar-refractivity contribution is -0.129. The summed E-state index contributed by atoms with van der Waals surface area (Å²) in [6, 6.07) is 0. The normalized spacial score (nSPS) is 8.78. The van der Waals surface area contributed by atoms with E-state index < -0.39 is 5.97 Å². The van der Waals surface area contributed by atoms with Crippen molar-refractivity contribution in [2.45, 2.75) is 6.92 Å². The van der Waals surface area contributed by atoms with Gasteiger partial charge in [0.05, 0.1) is 0 Å². The van der Waals surface area contributed by atoms with Crippen LogP contribution in [0.15, 0.2) is 5.16 Å². The first-order chi connectivity index (χ1) is 3.18. The van der Waals surface area contributed by atoms with E-state index in [1.807, 2.05) is 0 Å². The van der Waals surface area contributed by atoms with Gasteiger partial charge in [-0.3, -0.25) is 0 Å². The lowest BCUT2D eigenvalue weighted by atomic mass is 10.4. The number of aliphatic carboxylic acids is 1. The van der Waals surface area contributed by atoms with Gasteiger partial charge in [-0.05, 0) is 6.92 Å². The van der Waals surface area contributed by atoms with Gasteiger partial charge in [-0.25, -0.2) is 4.79 Å². The fourth-order valence-electron chi connectivity index (χ4n) is 0.0428. The largest absolute Gasteiger partial charge is 0.477 e. The van der Waals surface area contributed by atoms with Crippen molar-refractivity contribution >= 4 is 11.7 Å². The van der Waals surface area contributed by atoms with Crippen molar-refractivity contribution in [3.63, 3.8) is 0 Å². The summed E-state index contributed by atoms with van der Waals surface area (Å²) in [5.41, 5.74) is -0.306. The van der Waals surface area contributed by atoms with E-state index in [0.717, 1.165) is 0 Å². The highest BCUT2D eigenvalue weighted by Crippen LogP contribution is 1.70. The molecule has 0 rings (SSSR count). The Bertz CT molecular complexity index is 109. The third-order valence-corrected chi connectivity index (χ3v) is 0.460. The fourth-order valence-corrected chi connectivity index (χ4v) is 0.0428. The standard InChI is InChI=1S/C3H5NO3.2H2O/c1-2(4-7)3(5)6;;/h7H,1H3,(H,5,6);2*1H2/b4-2-;;. The van der Waals surface area contributed by atoms with Crippen LogP contribution < -0.4 is 0 Å². The van der Waals surface area contributed by atoms with Crippen LogP contribution in [0.25, 0.3) is 0 Å². The Kier molecular flexibility index (Phi) is 11.9. The maximum absolute atomic E-state index is 9.64. The second kappa shape index (κ2) is 6.86. The number of carboxylic acids is 1. The SMILES string of the molecule is C/C(=N/O)C(=O)O.O.O. The number of hydrogen-bond donors (Lipinski definition) is 2. The molecule has 0 atom stereocenters. The molecule has 0 aromatic carbocycles. The first-order valence-corrected chi connectivity index (χ1v) is 1.60. The Morgan fingerprint density at radius 1 is 1.44 bits per heavy atom. The van der Waals surface area contributed by atoms with Gasteiger partial charge in [-0.15, -0.1) is 0 Å². The number of oxime groups is 1. The molecule has 0 aliphatic rings. The smallest absolute Gasteiger partial charge is 0.353 e. The molecule has 0 saturated carbocycles. The predicted molar refractivity (Wildman–Crippen MR) is 29.8 cm³/mol. The van der Waals surface area contributed by atoms with Crippen LogP contribution >= 0.6 is 0 Å². The molecule has 0 aromatic heterocycles. The third kappa shape index (κ3) is 6.86. The van der Waals surface area contributed by atoms with Gasteiger partial charge in [0.2, 0.25) is 0 Å². The maximum atomic E-state index is 9.64. The van der Waals surface area contributed by atoms with Gasteiger partial charge in [0.15, 0.2) is 5.71 Å². The molecule has 6 nitrogen and oxygen atoms in total. The van der Waals surface area contributed by atoms with Crippen LogP contribution in [0.2, 0.25) is 0 Å². The van der Waals surface area contributed by atoms with Crippen LogP contribution in [0.4, 0.5) is 0 Å². The van der Waals surface area contributed by atoms with Gasteiger partial charge >= 0.3 is 5.97 Å². The summed E-state index contributed by atoms with van der Waals surface area (Å²) in [4.78, 5) is 9.64. The zero-order chi connectivity index (χ0) is 5.86.